The van der Waals surface area contributed by atoms with E-state index in [1.54, 1.807) is 13.0 Å². The predicted octanol–water partition coefficient (Wildman–Crippen LogP) is 1.93. The molecule has 0 unspecified atom stereocenters. The van der Waals surface area contributed by atoms with Gasteiger partial charge in [-0.05, 0) is 19.1 Å². The van der Waals surface area contributed by atoms with Crippen LogP contribution in [0.1, 0.15) is 17.3 Å². The van der Waals surface area contributed by atoms with Crippen LogP contribution < -0.4 is 4.74 Å². The van der Waals surface area contributed by atoms with Gasteiger partial charge in [0.1, 0.15) is 17.1 Å². The summed E-state index contributed by atoms with van der Waals surface area (Å²) in [5.74, 6) is 1.52. The van der Waals surface area contributed by atoms with E-state index in [2.05, 4.69) is 5.92 Å². The van der Waals surface area contributed by atoms with Gasteiger partial charge in [0.25, 0.3) is 5.91 Å². The Hall–Kier alpha value is -2.02. The van der Waals surface area contributed by atoms with Gasteiger partial charge >= 0.3 is 0 Å². The van der Waals surface area contributed by atoms with Gasteiger partial charge < -0.3 is 9.64 Å². The molecule has 0 atom stereocenters. The fourth-order valence-corrected chi connectivity index (χ4v) is 1.48. The van der Waals surface area contributed by atoms with Crippen molar-refractivity contribution in [2.75, 3.05) is 20.2 Å². The molecule has 0 N–H and O–H groups in total. The maximum atomic E-state index is 13.6. The molecule has 0 aromatic heterocycles. The summed E-state index contributed by atoms with van der Waals surface area (Å²) in [5.41, 5.74) is -0.0768. The summed E-state index contributed by atoms with van der Waals surface area (Å²) in [5, 5.41) is 0. The number of rotatable bonds is 4. The second kappa shape index (κ2) is 5.90. The van der Waals surface area contributed by atoms with Crippen molar-refractivity contribution in [2.45, 2.75) is 6.92 Å². The van der Waals surface area contributed by atoms with E-state index in [1.165, 1.54) is 24.1 Å². The molecule has 0 heterocycles. The van der Waals surface area contributed by atoms with E-state index >= 15 is 0 Å². The summed E-state index contributed by atoms with van der Waals surface area (Å²) in [6.45, 7) is 2.34. The van der Waals surface area contributed by atoms with Gasteiger partial charge in [0, 0.05) is 6.54 Å². The zero-order valence-corrected chi connectivity index (χ0v) is 9.87. The summed E-state index contributed by atoms with van der Waals surface area (Å²) in [6.07, 6.45) is 5.16. The Morgan fingerprint density at radius 2 is 2.29 bits per heavy atom. The number of amides is 1. The van der Waals surface area contributed by atoms with E-state index in [-0.39, 0.29) is 17.9 Å². The van der Waals surface area contributed by atoms with E-state index in [9.17, 15) is 9.18 Å². The summed E-state index contributed by atoms with van der Waals surface area (Å²) in [6, 6.07) is 4.25. The van der Waals surface area contributed by atoms with Crippen LogP contribution in [-0.4, -0.2) is 31.0 Å². The van der Waals surface area contributed by atoms with Gasteiger partial charge in [-0.15, -0.1) is 6.42 Å². The summed E-state index contributed by atoms with van der Waals surface area (Å²) in [7, 11) is 1.39. The van der Waals surface area contributed by atoms with Gasteiger partial charge in [-0.25, -0.2) is 4.39 Å². The molecule has 0 radical (unpaired) electrons. The van der Waals surface area contributed by atoms with Gasteiger partial charge in [-0.3, -0.25) is 4.79 Å². The van der Waals surface area contributed by atoms with Crippen LogP contribution in [-0.2, 0) is 0 Å². The van der Waals surface area contributed by atoms with Crippen molar-refractivity contribution in [1.29, 1.82) is 0 Å². The number of nitrogens with zero attached hydrogens (tertiary/aromatic N) is 1. The van der Waals surface area contributed by atoms with Crippen LogP contribution in [0.5, 0.6) is 5.75 Å². The number of hydrogen-bond acceptors (Lipinski definition) is 2. The number of carbonyl (C=O) groups excluding carboxylic acids is 1. The Kier molecular flexibility index (Phi) is 4.53. The van der Waals surface area contributed by atoms with Gasteiger partial charge in [0.2, 0.25) is 0 Å². The molecule has 0 aliphatic carbocycles. The summed E-state index contributed by atoms with van der Waals surface area (Å²) >= 11 is 0. The lowest BCUT2D eigenvalue weighted by Gasteiger charge is -2.19. The predicted molar refractivity (Wildman–Crippen MR) is 63.4 cm³/mol. The highest BCUT2D eigenvalue weighted by atomic mass is 19.1. The van der Waals surface area contributed by atoms with Crippen LogP contribution in [0.25, 0.3) is 0 Å². The highest BCUT2D eigenvalue weighted by molar-refractivity contribution is 5.97. The van der Waals surface area contributed by atoms with Crippen LogP contribution in [0.3, 0.4) is 0 Å². The average Bonchev–Trinajstić information content (AvgIpc) is 2.34. The number of terminal acetylenes is 1. The van der Waals surface area contributed by atoms with Gasteiger partial charge in [-0.2, -0.15) is 0 Å². The van der Waals surface area contributed by atoms with E-state index in [4.69, 9.17) is 11.2 Å². The molecule has 17 heavy (non-hydrogen) atoms. The molecule has 0 aliphatic rings. The van der Waals surface area contributed by atoms with E-state index in [0.717, 1.165) is 0 Å². The second-order valence-electron chi connectivity index (χ2n) is 3.34. The molecule has 3 nitrogen and oxygen atoms in total. The lowest BCUT2D eigenvalue weighted by molar-refractivity contribution is 0.0776. The molecule has 0 saturated carbocycles. The highest BCUT2D eigenvalue weighted by Crippen LogP contribution is 2.22. The molecule has 1 aromatic carbocycles. The summed E-state index contributed by atoms with van der Waals surface area (Å²) < 4.78 is 18.6. The fraction of sp³-hybridized carbons (Fsp3) is 0.308. The quantitative estimate of drug-likeness (QED) is 0.746. The first-order chi connectivity index (χ1) is 8.15. The van der Waals surface area contributed by atoms with Crippen LogP contribution in [0.15, 0.2) is 18.2 Å². The minimum Gasteiger partial charge on any atom is -0.496 e. The Bertz CT molecular complexity index is 451. The monoisotopic (exact) mass is 235 g/mol. The third-order valence-electron chi connectivity index (χ3n) is 2.36. The lowest BCUT2D eigenvalue weighted by atomic mass is 10.1. The molecule has 0 fully saturated rings. The van der Waals surface area contributed by atoms with Crippen molar-refractivity contribution in [2.24, 2.45) is 0 Å². The largest absolute Gasteiger partial charge is 0.496 e. The molecule has 0 saturated heterocycles. The molecule has 0 spiro atoms. The molecular weight excluding hydrogens is 221 g/mol. The first-order valence-corrected chi connectivity index (χ1v) is 5.20. The Labute approximate surface area is 100 Å². The van der Waals surface area contributed by atoms with Gasteiger partial charge in [0.05, 0.1) is 13.7 Å². The van der Waals surface area contributed by atoms with Crippen LogP contribution in [0.4, 0.5) is 4.39 Å². The fourth-order valence-electron chi connectivity index (χ4n) is 1.48. The number of halogens is 1. The van der Waals surface area contributed by atoms with E-state index in [1.807, 2.05) is 0 Å². The first-order valence-electron chi connectivity index (χ1n) is 5.20. The maximum Gasteiger partial charge on any atom is 0.261 e. The van der Waals surface area contributed by atoms with Crippen molar-refractivity contribution >= 4 is 5.91 Å². The Morgan fingerprint density at radius 1 is 1.59 bits per heavy atom. The van der Waals surface area contributed by atoms with E-state index in [0.29, 0.717) is 6.54 Å². The molecular formula is C13H14FNO2. The SMILES string of the molecule is C#CCN(CC)C(=O)c1c(F)cccc1OC. The maximum absolute atomic E-state index is 13.6. The third kappa shape index (κ3) is 2.76. The minimum absolute atomic E-state index is 0.0768. The number of hydrogen-bond donors (Lipinski definition) is 0. The summed E-state index contributed by atoms with van der Waals surface area (Å²) in [4.78, 5) is 13.5. The minimum atomic E-state index is -0.607. The molecule has 0 aliphatic heterocycles. The van der Waals surface area contributed by atoms with Crippen molar-refractivity contribution in [3.8, 4) is 18.1 Å². The Balaban J connectivity index is 3.15. The number of ether oxygens (including phenoxy) is 1. The molecule has 90 valence electrons. The van der Waals surface area contributed by atoms with Gasteiger partial charge in [0.15, 0.2) is 0 Å². The highest BCUT2D eigenvalue weighted by Gasteiger charge is 2.21. The molecule has 4 heteroatoms. The molecule has 1 rings (SSSR count). The standard InChI is InChI=1S/C13H14FNO2/c1-4-9-15(5-2)13(16)12-10(14)7-6-8-11(12)17-3/h1,6-8H,5,9H2,2-3H3. The normalized spacial score (nSPS) is 9.53. The first kappa shape index (κ1) is 13.0. The molecule has 0 bridgehead atoms. The number of benzene rings is 1. The van der Waals surface area contributed by atoms with Crippen molar-refractivity contribution in [1.82, 2.24) is 4.90 Å². The number of carbonyl (C=O) groups is 1. The molecule has 1 amide bonds. The van der Waals surface area contributed by atoms with Crippen molar-refractivity contribution < 1.29 is 13.9 Å². The zero-order valence-electron chi connectivity index (χ0n) is 9.87. The third-order valence-corrected chi connectivity index (χ3v) is 2.36. The van der Waals surface area contributed by atoms with E-state index < -0.39 is 11.7 Å². The van der Waals surface area contributed by atoms with Crippen LogP contribution in [0.2, 0.25) is 0 Å². The van der Waals surface area contributed by atoms with Gasteiger partial charge in [-0.1, -0.05) is 12.0 Å². The topological polar surface area (TPSA) is 29.5 Å². The lowest BCUT2D eigenvalue weighted by Crippen LogP contribution is -2.32. The average molecular weight is 235 g/mol. The van der Waals surface area contributed by atoms with Crippen molar-refractivity contribution in [3.05, 3.63) is 29.6 Å². The second-order valence-corrected chi connectivity index (χ2v) is 3.34. The number of methoxy groups -OCH3 is 1. The van der Waals surface area contributed by atoms with Crippen molar-refractivity contribution in [3.63, 3.8) is 0 Å². The van der Waals surface area contributed by atoms with Crippen LogP contribution >= 0.6 is 0 Å². The Morgan fingerprint density at radius 3 is 2.82 bits per heavy atom. The zero-order chi connectivity index (χ0) is 12.8. The smallest absolute Gasteiger partial charge is 0.261 e. The van der Waals surface area contributed by atoms with Crippen LogP contribution in [0, 0.1) is 18.2 Å². The molecule has 1 aromatic rings.